The highest BCUT2D eigenvalue weighted by Gasteiger charge is 2.12. The maximum Gasteiger partial charge on any atom is 0.234 e. The number of nitrogens with one attached hydrogen (secondary N) is 1. The van der Waals surface area contributed by atoms with Crippen molar-refractivity contribution in [3.05, 3.63) is 48.3 Å². The SMILES string of the molecule is CCn1c(SCC(=O)Nc2cnccc2C)nc2ccccc21. The normalized spacial score (nSPS) is 10.9. The van der Waals surface area contributed by atoms with Gasteiger partial charge in [-0.15, -0.1) is 0 Å². The van der Waals surface area contributed by atoms with Gasteiger partial charge in [-0.05, 0) is 37.6 Å². The Morgan fingerprint density at radius 2 is 2.13 bits per heavy atom. The van der Waals surface area contributed by atoms with Crippen molar-refractivity contribution in [1.29, 1.82) is 0 Å². The second-order valence-electron chi connectivity index (χ2n) is 5.15. The van der Waals surface area contributed by atoms with Crippen LogP contribution in [0.3, 0.4) is 0 Å². The minimum atomic E-state index is -0.0548. The number of aryl methyl sites for hydroxylation is 2. The number of para-hydroxylation sites is 2. The maximum atomic E-state index is 12.2. The Labute approximate surface area is 139 Å². The Balaban J connectivity index is 1.71. The van der Waals surface area contributed by atoms with Crippen molar-refractivity contribution >= 4 is 34.4 Å². The second-order valence-corrected chi connectivity index (χ2v) is 6.10. The van der Waals surface area contributed by atoms with Gasteiger partial charge in [-0.1, -0.05) is 23.9 Å². The van der Waals surface area contributed by atoms with E-state index < -0.39 is 0 Å². The van der Waals surface area contributed by atoms with E-state index >= 15 is 0 Å². The van der Waals surface area contributed by atoms with Gasteiger partial charge in [-0.2, -0.15) is 0 Å². The van der Waals surface area contributed by atoms with E-state index in [1.807, 2.05) is 31.2 Å². The molecular weight excluding hydrogens is 308 g/mol. The molecule has 0 saturated heterocycles. The summed E-state index contributed by atoms with van der Waals surface area (Å²) in [5.74, 6) is 0.262. The molecule has 5 nitrogen and oxygen atoms in total. The van der Waals surface area contributed by atoms with Crippen molar-refractivity contribution in [2.45, 2.75) is 25.5 Å². The van der Waals surface area contributed by atoms with Crippen LogP contribution in [-0.4, -0.2) is 26.2 Å². The van der Waals surface area contributed by atoms with Crippen LogP contribution in [0.25, 0.3) is 11.0 Å². The highest BCUT2D eigenvalue weighted by Crippen LogP contribution is 2.24. The third-order valence-electron chi connectivity index (χ3n) is 3.58. The molecule has 0 bridgehead atoms. The molecule has 0 radical (unpaired) electrons. The van der Waals surface area contributed by atoms with E-state index in [0.717, 1.165) is 34.0 Å². The zero-order chi connectivity index (χ0) is 16.2. The van der Waals surface area contributed by atoms with Gasteiger partial charge >= 0.3 is 0 Å². The van der Waals surface area contributed by atoms with E-state index in [4.69, 9.17) is 0 Å². The average molecular weight is 326 g/mol. The summed E-state index contributed by atoms with van der Waals surface area (Å²) in [6, 6.07) is 9.89. The number of thioether (sulfide) groups is 1. The Morgan fingerprint density at radius 3 is 2.91 bits per heavy atom. The summed E-state index contributed by atoms with van der Waals surface area (Å²) in [5.41, 5.74) is 3.81. The van der Waals surface area contributed by atoms with Crippen molar-refractivity contribution in [3.63, 3.8) is 0 Å². The molecule has 0 aliphatic carbocycles. The number of anilines is 1. The van der Waals surface area contributed by atoms with Crippen molar-refractivity contribution < 1.29 is 4.79 Å². The fourth-order valence-electron chi connectivity index (χ4n) is 2.38. The number of hydrogen-bond donors (Lipinski definition) is 1. The topological polar surface area (TPSA) is 59.8 Å². The van der Waals surface area contributed by atoms with E-state index in [1.165, 1.54) is 11.8 Å². The summed E-state index contributed by atoms with van der Waals surface area (Å²) in [6.45, 7) is 4.85. The lowest BCUT2D eigenvalue weighted by Crippen LogP contribution is -2.15. The van der Waals surface area contributed by atoms with Crippen LogP contribution in [0.2, 0.25) is 0 Å². The van der Waals surface area contributed by atoms with Crippen LogP contribution >= 0.6 is 11.8 Å². The van der Waals surface area contributed by atoms with Crippen molar-refractivity contribution in [1.82, 2.24) is 14.5 Å². The number of pyridine rings is 1. The summed E-state index contributed by atoms with van der Waals surface area (Å²) in [5, 5.41) is 3.76. The molecule has 23 heavy (non-hydrogen) atoms. The molecule has 3 aromatic rings. The molecular formula is C17H18N4OS. The highest BCUT2D eigenvalue weighted by atomic mass is 32.2. The molecule has 1 aromatic carbocycles. The van der Waals surface area contributed by atoms with Gasteiger partial charge in [0.15, 0.2) is 5.16 Å². The summed E-state index contributed by atoms with van der Waals surface area (Å²) in [6.07, 6.45) is 3.38. The van der Waals surface area contributed by atoms with Gasteiger partial charge in [-0.3, -0.25) is 9.78 Å². The molecule has 0 aliphatic heterocycles. The predicted octanol–water partition coefficient (Wildman–Crippen LogP) is 3.49. The third-order valence-corrected chi connectivity index (χ3v) is 4.56. The lowest BCUT2D eigenvalue weighted by Gasteiger charge is -2.08. The van der Waals surface area contributed by atoms with Gasteiger partial charge < -0.3 is 9.88 Å². The zero-order valence-corrected chi connectivity index (χ0v) is 13.9. The Hall–Kier alpha value is -2.34. The lowest BCUT2D eigenvalue weighted by atomic mass is 10.2. The van der Waals surface area contributed by atoms with Crippen LogP contribution in [0.15, 0.2) is 47.9 Å². The number of rotatable bonds is 5. The molecule has 2 heterocycles. The third kappa shape index (κ3) is 3.37. The van der Waals surface area contributed by atoms with Crippen molar-refractivity contribution in [2.75, 3.05) is 11.1 Å². The van der Waals surface area contributed by atoms with Gasteiger partial charge in [0.2, 0.25) is 5.91 Å². The molecule has 1 amide bonds. The van der Waals surface area contributed by atoms with E-state index in [2.05, 4.69) is 32.8 Å². The zero-order valence-electron chi connectivity index (χ0n) is 13.1. The molecule has 118 valence electrons. The standard InChI is InChI=1S/C17H18N4OS/c1-3-21-15-7-5-4-6-13(15)20-17(21)23-11-16(22)19-14-10-18-9-8-12(14)2/h4-10H,3,11H2,1-2H3,(H,19,22). The molecule has 6 heteroatoms. The number of carbonyl (C=O) groups is 1. The largest absolute Gasteiger partial charge is 0.324 e. The molecule has 0 unspecified atom stereocenters. The van der Waals surface area contributed by atoms with Gasteiger partial charge in [-0.25, -0.2) is 4.98 Å². The van der Waals surface area contributed by atoms with Crippen LogP contribution < -0.4 is 5.32 Å². The highest BCUT2D eigenvalue weighted by molar-refractivity contribution is 7.99. The molecule has 0 aliphatic rings. The number of hydrogen-bond acceptors (Lipinski definition) is 4. The number of benzene rings is 1. The number of fused-ring (bicyclic) bond motifs is 1. The Morgan fingerprint density at radius 1 is 1.30 bits per heavy atom. The first kappa shape index (κ1) is 15.6. The Bertz CT molecular complexity index is 843. The molecule has 0 spiro atoms. The van der Waals surface area contributed by atoms with Crippen LogP contribution in [0.1, 0.15) is 12.5 Å². The molecule has 0 atom stereocenters. The summed E-state index contributed by atoms with van der Waals surface area (Å²) < 4.78 is 2.13. The summed E-state index contributed by atoms with van der Waals surface area (Å²) in [7, 11) is 0. The maximum absolute atomic E-state index is 12.2. The van der Waals surface area contributed by atoms with E-state index in [9.17, 15) is 4.79 Å². The fourth-order valence-corrected chi connectivity index (χ4v) is 3.26. The van der Waals surface area contributed by atoms with Crippen LogP contribution in [0.5, 0.6) is 0 Å². The van der Waals surface area contributed by atoms with Gasteiger partial charge in [0, 0.05) is 12.7 Å². The first-order valence-electron chi connectivity index (χ1n) is 7.47. The van der Waals surface area contributed by atoms with Crippen molar-refractivity contribution in [2.24, 2.45) is 0 Å². The average Bonchev–Trinajstić information content (AvgIpc) is 2.92. The lowest BCUT2D eigenvalue weighted by molar-refractivity contribution is -0.113. The smallest absolute Gasteiger partial charge is 0.234 e. The fraction of sp³-hybridized carbons (Fsp3) is 0.235. The minimum Gasteiger partial charge on any atom is -0.324 e. The van der Waals surface area contributed by atoms with Gasteiger partial charge in [0.25, 0.3) is 0 Å². The minimum absolute atomic E-state index is 0.0548. The van der Waals surface area contributed by atoms with Crippen molar-refractivity contribution in [3.8, 4) is 0 Å². The van der Waals surface area contributed by atoms with Gasteiger partial charge in [0.1, 0.15) is 0 Å². The first-order chi connectivity index (χ1) is 11.2. The number of nitrogens with zero attached hydrogens (tertiary/aromatic N) is 3. The van der Waals surface area contributed by atoms with Gasteiger partial charge in [0.05, 0.1) is 28.7 Å². The summed E-state index contributed by atoms with van der Waals surface area (Å²) >= 11 is 1.45. The van der Waals surface area contributed by atoms with Crippen LogP contribution in [0, 0.1) is 6.92 Å². The second kappa shape index (κ2) is 6.83. The number of amides is 1. The molecule has 0 saturated carbocycles. The van der Waals surface area contributed by atoms with Crippen LogP contribution in [0.4, 0.5) is 5.69 Å². The molecule has 2 aromatic heterocycles. The van der Waals surface area contributed by atoms with E-state index in [-0.39, 0.29) is 5.91 Å². The molecule has 3 rings (SSSR count). The number of imidazole rings is 1. The quantitative estimate of drug-likeness (QED) is 0.729. The molecule has 1 N–H and O–H groups in total. The predicted molar refractivity (Wildman–Crippen MR) is 93.7 cm³/mol. The van der Waals surface area contributed by atoms with Crippen LogP contribution in [-0.2, 0) is 11.3 Å². The monoisotopic (exact) mass is 326 g/mol. The Kier molecular flexibility index (Phi) is 4.62. The molecule has 0 fully saturated rings. The van der Waals surface area contributed by atoms with E-state index in [1.54, 1.807) is 12.4 Å². The summed E-state index contributed by atoms with van der Waals surface area (Å²) in [4.78, 5) is 20.8. The number of carbonyl (C=O) groups excluding carboxylic acids is 1. The first-order valence-corrected chi connectivity index (χ1v) is 8.46. The number of aromatic nitrogens is 3. The van der Waals surface area contributed by atoms with E-state index in [0.29, 0.717) is 5.75 Å².